The second kappa shape index (κ2) is 11.9. The van der Waals surface area contributed by atoms with Crippen LogP contribution in [0.3, 0.4) is 0 Å². The van der Waals surface area contributed by atoms with Crippen LogP contribution in [0.4, 0.5) is 0 Å². The van der Waals surface area contributed by atoms with E-state index >= 15 is 0 Å². The predicted molar refractivity (Wildman–Crippen MR) is 79.4 cm³/mol. The van der Waals surface area contributed by atoms with Gasteiger partial charge in [0.2, 0.25) is 0 Å². The van der Waals surface area contributed by atoms with Gasteiger partial charge in [-0.15, -0.1) is 0 Å². The lowest BCUT2D eigenvalue weighted by molar-refractivity contribution is 0.271. The maximum atomic E-state index is 2.60. The van der Waals surface area contributed by atoms with E-state index in [0.29, 0.717) is 0 Å². The molecule has 17 heavy (non-hydrogen) atoms. The van der Waals surface area contributed by atoms with Crippen LogP contribution < -0.4 is 0 Å². The highest BCUT2D eigenvalue weighted by atomic mass is 15.1. The van der Waals surface area contributed by atoms with Crippen molar-refractivity contribution >= 4 is 0 Å². The molecule has 0 saturated heterocycles. The number of rotatable bonds is 10. The van der Waals surface area contributed by atoms with Crippen molar-refractivity contribution in [3.8, 4) is 0 Å². The molecule has 1 nitrogen and oxygen atoms in total. The Balaban J connectivity index is 3.95. The summed E-state index contributed by atoms with van der Waals surface area (Å²) in [7, 11) is 0. The van der Waals surface area contributed by atoms with Gasteiger partial charge in [-0.1, -0.05) is 44.6 Å². The van der Waals surface area contributed by atoms with E-state index in [1.54, 1.807) is 0 Å². The van der Waals surface area contributed by atoms with Gasteiger partial charge < -0.3 is 4.90 Å². The zero-order valence-electron chi connectivity index (χ0n) is 12.3. The van der Waals surface area contributed by atoms with E-state index in [9.17, 15) is 0 Å². The Labute approximate surface area is 109 Å². The van der Waals surface area contributed by atoms with E-state index in [1.807, 2.05) is 0 Å². The lowest BCUT2D eigenvalue weighted by Gasteiger charge is -2.20. The second-order valence-electron chi connectivity index (χ2n) is 4.63. The maximum absolute atomic E-state index is 2.60. The number of nitrogens with zero attached hydrogens (tertiary/aromatic N) is 1. The molecule has 0 amide bonds. The van der Waals surface area contributed by atoms with Crippen LogP contribution in [0.1, 0.15) is 59.8 Å². The zero-order chi connectivity index (χ0) is 12.9. The molecule has 0 atom stereocenters. The van der Waals surface area contributed by atoms with E-state index in [4.69, 9.17) is 0 Å². The van der Waals surface area contributed by atoms with Crippen LogP contribution in [0, 0.1) is 0 Å². The van der Waals surface area contributed by atoms with Crippen LogP contribution in [-0.4, -0.2) is 24.5 Å². The quantitative estimate of drug-likeness (QED) is 0.493. The lowest BCUT2D eigenvalue weighted by Crippen LogP contribution is -2.26. The molecule has 0 spiro atoms. The van der Waals surface area contributed by atoms with Gasteiger partial charge in [-0.05, 0) is 58.7 Å². The van der Waals surface area contributed by atoms with Crippen LogP contribution in [0.15, 0.2) is 23.8 Å². The Morgan fingerprint density at radius 3 is 2.12 bits per heavy atom. The molecule has 0 saturated carbocycles. The molecule has 0 unspecified atom stereocenters. The van der Waals surface area contributed by atoms with Gasteiger partial charge in [0.05, 0.1) is 0 Å². The minimum atomic E-state index is 1.15. The van der Waals surface area contributed by atoms with Gasteiger partial charge in [-0.2, -0.15) is 0 Å². The lowest BCUT2D eigenvalue weighted by atomic mass is 10.1. The van der Waals surface area contributed by atoms with Crippen LogP contribution >= 0.6 is 0 Å². The summed E-state index contributed by atoms with van der Waals surface area (Å²) < 4.78 is 0. The van der Waals surface area contributed by atoms with Gasteiger partial charge in [-0.3, -0.25) is 0 Å². The smallest absolute Gasteiger partial charge is 0.00156 e. The van der Waals surface area contributed by atoms with Crippen LogP contribution in [0.2, 0.25) is 0 Å². The van der Waals surface area contributed by atoms with Gasteiger partial charge in [0.15, 0.2) is 0 Å². The first kappa shape index (κ1) is 16.4. The molecule has 0 bridgehead atoms. The van der Waals surface area contributed by atoms with E-state index in [1.165, 1.54) is 50.9 Å². The molecule has 0 aromatic rings. The summed E-state index contributed by atoms with van der Waals surface area (Å²) >= 11 is 0. The van der Waals surface area contributed by atoms with Crippen molar-refractivity contribution in [1.82, 2.24) is 4.90 Å². The fourth-order valence-corrected chi connectivity index (χ4v) is 2.20. The van der Waals surface area contributed by atoms with Gasteiger partial charge in [-0.25, -0.2) is 0 Å². The molecular weight excluding hydrogens is 206 g/mol. The van der Waals surface area contributed by atoms with Crippen LogP contribution in [0.25, 0.3) is 0 Å². The molecule has 0 aromatic heterocycles. The van der Waals surface area contributed by atoms with Crippen molar-refractivity contribution in [3.05, 3.63) is 23.8 Å². The second-order valence-corrected chi connectivity index (χ2v) is 4.63. The maximum Gasteiger partial charge on any atom is -0.00156 e. The SMILES string of the molecule is C/C=C\C(=C/CC)CCCN(CCC)CCC. The summed E-state index contributed by atoms with van der Waals surface area (Å²) in [6, 6.07) is 0. The first-order chi connectivity index (χ1) is 8.28. The Bertz CT molecular complexity index is 210. The molecule has 0 aliphatic rings. The number of hydrogen-bond acceptors (Lipinski definition) is 1. The first-order valence-electron chi connectivity index (χ1n) is 7.32. The Kier molecular flexibility index (Phi) is 11.5. The Morgan fingerprint density at radius 2 is 1.65 bits per heavy atom. The van der Waals surface area contributed by atoms with Crippen molar-refractivity contribution in [1.29, 1.82) is 0 Å². The number of hydrogen-bond donors (Lipinski definition) is 0. The van der Waals surface area contributed by atoms with E-state index in [0.717, 1.165) is 6.42 Å². The third-order valence-corrected chi connectivity index (χ3v) is 2.87. The highest BCUT2D eigenvalue weighted by Crippen LogP contribution is 2.09. The first-order valence-corrected chi connectivity index (χ1v) is 7.32. The van der Waals surface area contributed by atoms with Gasteiger partial charge in [0.1, 0.15) is 0 Å². The third kappa shape index (κ3) is 9.17. The molecule has 0 radical (unpaired) electrons. The average Bonchev–Trinajstić information content (AvgIpc) is 2.30. The topological polar surface area (TPSA) is 3.24 Å². The Hall–Kier alpha value is -0.560. The fourth-order valence-electron chi connectivity index (χ4n) is 2.20. The summed E-state index contributed by atoms with van der Waals surface area (Å²) in [6.45, 7) is 12.6. The van der Waals surface area contributed by atoms with Crippen molar-refractivity contribution in [3.63, 3.8) is 0 Å². The molecule has 0 N–H and O–H groups in total. The molecular formula is C16H31N. The fraction of sp³-hybridized carbons (Fsp3) is 0.750. The molecule has 0 aliphatic heterocycles. The number of allylic oxidation sites excluding steroid dienone is 4. The molecule has 0 heterocycles. The van der Waals surface area contributed by atoms with Crippen molar-refractivity contribution in [2.45, 2.75) is 59.8 Å². The van der Waals surface area contributed by atoms with Crippen molar-refractivity contribution in [2.75, 3.05) is 19.6 Å². The largest absolute Gasteiger partial charge is 0.303 e. The summed E-state index contributed by atoms with van der Waals surface area (Å²) in [5, 5.41) is 0. The summed E-state index contributed by atoms with van der Waals surface area (Å²) in [4.78, 5) is 2.60. The minimum absolute atomic E-state index is 1.15. The van der Waals surface area contributed by atoms with Gasteiger partial charge >= 0.3 is 0 Å². The monoisotopic (exact) mass is 237 g/mol. The predicted octanol–water partition coefficient (Wildman–Crippen LogP) is 4.80. The van der Waals surface area contributed by atoms with Gasteiger partial charge in [0, 0.05) is 0 Å². The molecule has 0 aliphatic carbocycles. The molecule has 0 aromatic carbocycles. The normalized spacial score (nSPS) is 12.9. The molecule has 100 valence electrons. The highest BCUT2D eigenvalue weighted by molar-refractivity contribution is 5.17. The van der Waals surface area contributed by atoms with Crippen molar-refractivity contribution < 1.29 is 0 Å². The molecule has 0 rings (SSSR count). The van der Waals surface area contributed by atoms with Crippen molar-refractivity contribution in [2.24, 2.45) is 0 Å². The molecule has 0 fully saturated rings. The summed E-state index contributed by atoms with van der Waals surface area (Å²) in [6.07, 6.45) is 13.0. The van der Waals surface area contributed by atoms with E-state index in [2.05, 4.69) is 50.8 Å². The standard InChI is InChI=1S/C16H31N/c1-5-10-16(11-6-2)12-9-15-17(13-7-3)14-8-4/h5,10-11H,6-9,12-15H2,1-4H3/b10-5-,16-11+. The van der Waals surface area contributed by atoms with E-state index in [-0.39, 0.29) is 0 Å². The Morgan fingerprint density at radius 1 is 1.00 bits per heavy atom. The zero-order valence-corrected chi connectivity index (χ0v) is 12.3. The summed E-state index contributed by atoms with van der Waals surface area (Å²) in [5.41, 5.74) is 1.50. The van der Waals surface area contributed by atoms with Gasteiger partial charge in [0.25, 0.3) is 0 Å². The third-order valence-electron chi connectivity index (χ3n) is 2.87. The summed E-state index contributed by atoms with van der Waals surface area (Å²) in [5.74, 6) is 0. The van der Waals surface area contributed by atoms with E-state index < -0.39 is 0 Å². The minimum Gasteiger partial charge on any atom is -0.303 e. The van der Waals surface area contributed by atoms with Crippen LogP contribution in [0.5, 0.6) is 0 Å². The van der Waals surface area contributed by atoms with Crippen LogP contribution in [-0.2, 0) is 0 Å². The molecule has 1 heteroatoms. The average molecular weight is 237 g/mol. The highest BCUT2D eigenvalue weighted by Gasteiger charge is 2.02.